The van der Waals surface area contributed by atoms with Crippen molar-refractivity contribution in [2.75, 3.05) is 13.2 Å². The van der Waals surface area contributed by atoms with E-state index >= 15 is 0 Å². The quantitative estimate of drug-likeness (QED) is 0.180. The van der Waals surface area contributed by atoms with Crippen molar-refractivity contribution >= 4 is 23.2 Å². The first-order chi connectivity index (χ1) is 20.3. The summed E-state index contributed by atoms with van der Waals surface area (Å²) >= 11 is 13.0. The van der Waals surface area contributed by atoms with Gasteiger partial charge >= 0.3 is 0 Å². The van der Waals surface area contributed by atoms with Crippen LogP contribution in [0, 0.1) is 13.8 Å². The summed E-state index contributed by atoms with van der Waals surface area (Å²) < 4.78 is 14.7. The van der Waals surface area contributed by atoms with E-state index in [9.17, 15) is 9.59 Å². The van der Waals surface area contributed by atoms with E-state index < -0.39 is 5.92 Å². The molecule has 8 nitrogen and oxygen atoms in total. The lowest BCUT2D eigenvalue weighted by atomic mass is 9.85. The molecule has 0 atom stereocenters. The van der Waals surface area contributed by atoms with Gasteiger partial charge < -0.3 is 9.47 Å². The molecule has 0 saturated carbocycles. The van der Waals surface area contributed by atoms with Crippen molar-refractivity contribution in [3.63, 3.8) is 0 Å². The molecular weight excluding hydrogens is 575 g/mol. The van der Waals surface area contributed by atoms with Gasteiger partial charge in [0.15, 0.2) is 11.5 Å². The van der Waals surface area contributed by atoms with E-state index in [1.807, 2.05) is 58.0 Å². The number of ether oxygens (including phenoxy) is 2. The molecule has 0 saturated heterocycles. The number of nitrogens with zero attached hydrogens (tertiary/aromatic N) is 2. The van der Waals surface area contributed by atoms with E-state index in [0.717, 1.165) is 6.42 Å². The van der Waals surface area contributed by atoms with Crippen LogP contribution in [0.4, 0.5) is 0 Å². The Labute approximate surface area is 253 Å². The van der Waals surface area contributed by atoms with Crippen LogP contribution in [0.2, 0.25) is 10.0 Å². The largest absolute Gasteiger partial charge is 0.490 e. The van der Waals surface area contributed by atoms with Gasteiger partial charge in [-0.15, -0.1) is 0 Å². The highest BCUT2D eigenvalue weighted by molar-refractivity contribution is 6.32. The van der Waals surface area contributed by atoms with E-state index in [-0.39, 0.29) is 11.1 Å². The highest BCUT2D eigenvalue weighted by Gasteiger charge is 2.32. The maximum absolute atomic E-state index is 14.2. The molecular formula is C32H32Cl2N4O4. The predicted molar refractivity (Wildman–Crippen MR) is 167 cm³/mol. The van der Waals surface area contributed by atoms with Gasteiger partial charge in [0.2, 0.25) is 0 Å². The second-order valence-electron chi connectivity index (χ2n) is 9.91. The van der Waals surface area contributed by atoms with Gasteiger partial charge in [0.25, 0.3) is 11.1 Å². The zero-order valence-corrected chi connectivity index (χ0v) is 25.3. The molecule has 0 spiro atoms. The highest BCUT2D eigenvalue weighted by atomic mass is 35.5. The lowest BCUT2D eigenvalue weighted by molar-refractivity contribution is 0.276. The minimum absolute atomic E-state index is 0.320. The highest BCUT2D eigenvalue weighted by Crippen LogP contribution is 2.38. The molecule has 0 aliphatic heterocycles. The van der Waals surface area contributed by atoms with E-state index in [4.69, 9.17) is 32.7 Å². The van der Waals surface area contributed by atoms with E-state index in [1.54, 1.807) is 36.4 Å². The van der Waals surface area contributed by atoms with Crippen LogP contribution in [-0.2, 0) is 0 Å². The molecule has 10 heteroatoms. The maximum atomic E-state index is 14.2. The van der Waals surface area contributed by atoms with Crippen molar-refractivity contribution in [3.8, 4) is 22.9 Å². The third-order valence-electron chi connectivity index (χ3n) is 7.06. The van der Waals surface area contributed by atoms with Crippen molar-refractivity contribution in [2.24, 2.45) is 0 Å². The summed E-state index contributed by atoms with van der Waals surface area (Å²) in [5, 5.41) is 7.19. The number of H-pyrrole nitrogens is 2. The lowest BCUT2D eigenvalue weighted by Crippen LogP contribution is -2.25. The number of halogens is 2. The molecule has 0 bridgehead atoms. The average molecular weight is 608 g/mol. The van der Waals surface area contributed by atoms with Gasteiger partial charge in [0.05, 0.1) is 45.8 Å². The second-order valence-corrected chi connectivity index (χ2v) is 10.7. The molecule has 5 aromatic rings. The van der Waals surface area contributed by atoms with Gasteiger partial charge in [-0.3, -0.25) is 19.8 Å². The first-order valence-corrected chi connectivity index (χ1v) is 14.5. The number of hydrogen-bond acceptors (Lipinski definition) is 4. The molecule has 2 heterocycles. The molecule has 0 aliphatic carbocycles. The van der Waals surface area contributed by atoms with Crippen LogP contribution in [0.25, 0.3) is 11.4 Å². The molecule has 2 N–H and O–H groups in total. The Morgan fingerprint density at radius 3 is 1.74 bits per heavy atom. The zero-order valence-electron chi connectivity index (χ0n) is 23.8. The minimum atomic E-state index is -0.760. The third-order valence-corrected chi connectivity index (χ3v) is 7.70. The van der Waals surface area contributed by atoms with Gasteiger partial charge in [0.1, 0.15) is 0 Å². The first kappa shape index (κ1) is 29.4. The number of aromatic amines is 2. The van der Waals surface area contributed by atoms with E-state index in [1.165, 1.54) is 9.36 Å². The summed E-state index contributed by atoms with van der Waals surface area (Å²) in [5.41, 5.74) is 3.08. The fourth-order valence-electron chi connectivity index (χ4n) is 5.19. The second kappa shape index (κ2) is 12.4. The summed E-state index contributed by atoms with van der Waals surface area (Å²) in [6.45, 7) is 8.50. The van der Waals surface area contributed by atoms with E-state index in [2.05, 4.69) is 10.2 Å². The fourth-order valence-corrected chi connectivity index (χ4v) is 5.63. The maximum Gasteiger partial charge on any atom is 0.275 e. The van der Waals surface area contributed by atoms with Gasteiger partial charge in [-0.25, -0.2) is 9.36 Å². The van der Waals surface area contributed by atoms with Crippen molar-refractivity contribution in [1.29, 1.82) is 0 Å². The number of aryl methyl sites for hydroxylation is 2. The van der Waals surface area contributed by atoms with Gasteiger partial charge in [0, 0.05) is 17.3 Å². The molecule has 0 radical (unpaired) electrons. The molecule has 0 unspecified atom stereocenters. The molecule has 2 aromatic heterocycles. The summed E-state index contributed by atoms with van der Waals surface area (Å²) in [4.78, 5) is 28.4. The summed E-state index contributed by atoms with van der Waals surface area (Å²) in [6.07, 6.45) is 0.838. The average Bonchev–Trinajstić information content (AvgIpc) is 3.43. The van der Waals surface area contributed by atoms with Crippen LogP contribution >= 0.6 is 23.2 Å². The zero-order chi connectivity index (χ0) is 30.0. The Morgan fingerprint density at radius 1 is 0.738 bits per heavy atom. The van der Waals surface area contributed by atoms with Gasteiger partial charge in [-0.2, -0.15) is 0 Å². The number of para-hydroxylation sites is 2. The Kier molecular flexibility index (Phi) is 8.66. The number of benzene rings is 3. The normalized spacial score (nSPS) is 11.3. The third kappa shape index (κ3) is 5.40. The van der Waals surface area contributed by atoms with E-state index in [0.29, 0.717) is 74.2 Å². The predicted octanol–water partition coefficient (Wildman–Crippen LogP) is 6.94. The smallest absolute Gasteiger partial charge is 0.275 e. The number of hydrogen-bond donors (Lipinski definition) is 2. The molecule has 0 fully saturated rings. The summed E-state index contributed by atoms with van der Waals surface area (Å²) in [5.74, 6) is 0.372. The van der Waals surface area contributed by atoms with Crippen molar-refractivity contribution in [1.82, 2.24) is 19.6 Å². The van der Waals surface area contributed by atoms with Gasteiger partial charge in [-0.1, -0.05) is 60.5 Å². The molecule has 0 amide bonds. The fraction of sp³-hybridized carbons (Fsp3) is 0.250. The number of rotatable bonds is 10. The van der Waals surface area contributed by atoms with Crippen LogP contribution in [0.15, 0.2) is 76.3 Å². The number of nitrogens with one attached hydrogen (secondary N) is 2. The molecule has 3 aromatic carbocycles. The van der Waals surface area contributed by atoms with Crippen LogP contribution in [-0.4, -0.2) is 32.8 Å². The standard InChI is InChI=1S/C32H32Cl2N4O4/c1-5-17-42-26-16-15-21(18-27(26)41-6-2)30(28-19(3)35-37(31(28)39)24-13-9-7-11-22(24)33)29-20(4)36-38(32(29)40)25-14-10-8-12-23(25)34/h7-16,18,30,35-36H,5-6,17H2,1-4H3. The number of aromatic nitrogens is 4. The first-order valence-electron chi connectivity index (χ1n) is 13.8. The Morgan fingerprint density at radius 2 is 1.26 bits per heavy atom. The molecule has 42 heavy (non-hydrogen) atoms. The molecule has 218 valence electrons. The monoisotopic (exact) mass is 606 g/mol. The van der Waals surface area contributed by atoms with Crippen LogP contribution in [0.3, 0.4) is 0 Å². The van der Waals surface area contributed by atoms with Crippen LogP contribution in [0.5, 0.6) is 11.5 Å². The lowest BCUT2D eigenvalue weighted by Gasteiger charge is -2.19. The van der Waals surface area contributed by atoms with Crippen LogP contribution < -0.4 is 20.6 Å². The van der Waals surface area contributed by atoms with Crippen molar-refractivity contribution < 1.29 is 9.47 Å². The Hall–Kier alpha value is -4.14. The Bertz CT molecular complexity index is 1750. The van der Waals surface area contributed by atoms with Crippen LogP contribution in [0.1, 0.15) is 54.3 Å². The van der Waals surface area contributed by atoms with Gasteiger partial charge in [-0.05, 0) is 69.2 Å². The summed E-state index contributed by atoms with van der Waals surface area (Å²) in [7, 11) is 0. The summed E-state index contributed by atoms with van der Waals surface area (Å²) in [6, 6.07) is 19.7. The SMILES string of the molecule is CCCOc1ccc(C(c2c(C)[nH]n(-c3ccccc3Cl)c2=O)c2c(C)[nH]n(-c3ccccc3Cl)c2=O)cc1OCC. The minimum Gasteiger partial charge on any atom is -0.490 e. The van der Waals surface area contributed by atoms with Crippen molar-refractivity contribution in [3.05, 3.63) is 126 Å². The Balaban J connectivity index is 1.78. The molecule has 0 aliphatic rings. The van der Waals surface area contributed by atoms with Crippen molar-refractivity contribution in [2.45, 2.75) is 40.0 Å². The topological polar surface area (TPSA) is 94.0 Å². The molecule has 5 rings (SSSR count).